The number of carbonyl (C=O) groups excluding carboxylic acids is 1. The van der Waals surface area contributed by atoms with Gasteiger partial charge in [0.05, 0.1) is 0 Å². The lowest BCUT2D eigenvalue weighted by Gasteiger charge is -2.19. The van der Waals surface area contributed by atoms with E-state index >= 15 is 0 Å². The van der Waals surface area contributed by atoms with E-state index < -0.39 is 0 Å². The van der Waals surface area contributed by atoms with Crippen molar-refractivity contribution < 1.29 is 4.79 Å². The number of carbonyl (C=O) groups is 1. The highest BCUT2D eigenvalue weighted by Gasteiger charge is 2.18. The summed E-state index contributed by atoms with van der Waals surface area (Å²) in [5.41, 5.74) is 1.24. The zero-order valence-electron chi connectivity index (χ0n) is 16.2. The van der Waals surface area contributed by atoms with Gasteiger partial charge in [0.1, 0.15) is 0 Å². The molecule has 1 aromatic carbocycles. The molecule has 1 amide bonds. The second-order valence-electron chi connectivity index (χ2n) is 6.64. The summed E-state index contributed by atoms with van der Waals surface area (Å²) in [4.78, 5) is 20.4. The fraction of sp³-hybridized carbons (Fsp3) is 0.600. The van der Waals surface area contributed by atoms with E-state index in [1.54, 1.807) is 0 Å². The molecule has 0 spiro atoms. The molecule has 0 atom stereocenters. The molecule has 1 aliphatic rings. The predicted octanol–water partition coefficient (Wildman–Crippen LogP) is 2.08. The molecule has 0 aromatic heterocycles. The summed E-state index contributed by atoms with van der Waals surface area (Å²) in [6, 6.07) is 10.4. The van der Waals surface area contributed by atoms with Crippen LogP contribution in [0.15, 0.2) is 35.3 Å². The lowest BCUT2D eigenvalue weighted by molar-refractivity contribution is -0.127. The van der Waals surface area contributed by atoms with Crippen molar-refractivity contribution in [2.45, 2.75) is 32.6 Å². The van der Waals surface area contributed by atoms with E-state index in [1.807, 2.05) is 11.0 Å². The molecule has 2 N–H and O–H groups in total. The molecular weight excluding hydrogens is 326 g/mol. The van der Waals surface area contributed by atoms with Crippen LogP contribution in [0, 0.1) is 0 Å². The highest BCUT2D eigenvalue weighted by Crippen LogP contribution is 2.11. The number of hydrogen-bond acceptors (Lipinski definition) is 3. The van der Waals surface area contributed by atoms with Crippen molar-refractivity contribution in [3.8, 4) is 0 Å². The minimum absolute atomic E-state index is 0.293. The maximum absolute atomic E-state index is 11.6. The van der Waals surface area contributed by atoms with Crippen LogP contribution in [0.5, 0.6) is 0 Å². The Hall–Kier alpha value is -2.24. The SMILES string of the molecule is CCNC(=NCCCN1CCCC1=O)NCCCN(C)c1ccccc1. The molecule has 1 saturated heterocycles. The van der Waals surface area contributed by atoms with Crippen LogP contribution in [0.4, 0.5) is 5.69 Å². The first-order valence-corrected chi connectivity index (χ1v) is 9.77. The monoisotopic (exact) mass is 359 g/mol. The van der Waals surface area contributed by atoms with E-state index in [-0.39, 0.29) is 0 Å². The summed E-state index contributed by atoms with van der Waals surface area (Å²) in [6.45, 7) is 7.27. The molecule has 0 unspecified atom stereocenters. The van der Waals surface area contributed by atoms with Gasteiger partial charge < -0.3 is 20.4 Å². The maximum Gasteiger partial charge on any atom is 0.222 e. The molecule has 1 fully saturated rings. The third-order valence-electron chi connectivity index (χ3n) is 4.53. The fourth-order valence-electron chi connectivity index (χ4n) is 3.07. The lowest BCUT2D eigenvalue weighted by atomic mass is 10.3. The Balaban J connectivity index is 1.64. The highest BCUT2D eigenvalue weighted by molar-refractivity contribution is 5.79. The van der Waals surface area contributed by atoms with Crippen LogP contribution < -0.4 is 15.5 Å². The van der Waals surface area contributed by atoms with E-state index in [0.717, 1.165) is 64.5 Å². The van der Waals surface area contributed by atoms with Crippen LogP contribution in [-0.2, 0) is 4.79 Å². The van der Waals surface area contributed by atoms with Crippen LogP contribution in [-0.4, -0.2) is 63.1 Å². The summed E-state index contributed by atoms with van der Waals surface area (Å²) in [6.07, 6.45) is 3.67. The van der Waals surface area contributed by atoms with Crippen LogP contribution in [0.1, 0.15) is 32.6 Å². The second-order valence-corrected chi connectivity index (χ2v) is 6.64. The topological polar surface area (TPSA) is 60.0 Å². The Morgan fingerprint density at radius 2 is 2.04 bits per heavy atom. The number of nitrogens with zero attached hydrogens (tertiary/aromatic N) is 3. The molecule has 2 rings (SSSR count). The summed E-state index contributed by atoms with van der Waals surface area (Å²) in [5, 5.41) is 6.68. The van der Waals surface area contributed by atoms with Gasteiger partial charge >= 0.3 is 0 Å². The summed E-state index contributed by atoms with van der Waals surface area (Å²) >= 11 is 0. The number of rotatable bonds is 10. The number of likely N-dealkylation sites (tertiary alicyclic amines) is 1. The molecule has 6 heteroatoms. The smallest absolute Gasteiger partial charge is 0.222 e. The third-order valence-corrected chi connectivity index (χ3v) is 4.53. The first-order valence-electron chi connectivity index (χ1n) is 9.77. The van der Waals surface area contributed by atoms with Gasteiger partial charge in [-0.2, -0.15) is 0 Å². The Labute approximate surface area is 157 Å². The van der Waals surface area contributed by atoms with E-state index in [4.69, 9.17) is 0 Å². The molecule has 0 radical (unpaired) electrons. The number of benzene rings is 1. The van der Waals surface area contributed by atoms with Crippen LogP contribution in [0.2, 0.25) is 0 Å². The zero-order chi connectivity index (χ0) is 18.6. The quantitative estimate of drug-likeness (QED) is 0.381. The van der Waals surface area contributed by atoms with E-state index in [0.29, 0.717) is 12.3 Å². The van der Waals surface area contributed by atoms with E-state index in [2.05, 4.69) is 58.8 Å². The number of hydrogen-bond donors (Lipinski definition) is 2. The molecule has 0 bridgehead atoms. The van der Waals surface area contributed by atoms with E-state index in [9.17, 15) is 4.79 Å². The van der Waals surface area contributed by atoms with Gasteiger partial charge in [-0.15, -0.1) is 0 Å². The second kappa shape index (κ2) is 11.4. The van der Waals surface area contributed by atoms with Crippen molar-refractivity contribution in [3.63, 3.8) is 0 Å². The van der Waals surface area contributed by atoms with Crippen molar-refractivity contribution in [2.24, 2.45) is 4.99 Å². The highest BCUT2D eigenvalue weighted by atomic mass is 16.2. The standard InChI is InChI=1S/C20H33N5O/c1-3-21-20(23-14-9-17-25-16-7-12-19(25)26)22-13-8-15-24(2)18-10-5-4-6-11-18/h4-6,10-11H,3,7-9,12-17H2,1-2H3,(H2,21,22,23). The number of anilines is 1. The van der Waals surface area contributed by atoms with E-state index in [1.165, 1.54) is 5.69 Å². The zero-order valence-corrected chi connectivity index (χ0v) is 16.2. The number of amides is 1. The average Bonchev–Trinajstić information content (AvgIpc) is 3.07. The van der Waals surface area contributed by atoms with Crippen LogP contribution >= 0.6 is 0 Å². The molecule has 1 aliphatic heterocycles. The molecule has 144 valence electrons. The van der Waals surface area contributed by atoms with Crippen molar-refractivity contribution in [2.75, 3.05) is 51.2 Å². The molecule has 26 heavy (non-hydrogen) atoms. The number of aliphatic imine (C=N–C) groups is 1. The van der Waals surface area contributed by atoms with Crippen molar-refractivity contribution in [3.05, 3.63) is 30.3 Å². The number of para-hydroxylation sites is 1. The fourth-order valence-corrected chi connectivity index (χ4v) is 3.07. The molecule has 1 aromatic rings. The summed E-state index contributed by atoms with van der Waals surface area (Å²) < 4.78 is 0. The Kier molecular flexibility index (Phi) is 8.79. The predicted molar refractivity (Wildman–Crippen MR) is 109 cm³/mol. The van der Waals surface area contributed by atoms with Crippen molar-refractivity contribution in [1.29, 1.82) is 0 Å². The molecule has 0 aliphatic carbocycles. The minimum Gasteiger partial charge on any atom is -0.375 e. The van der Waals surface area contributed by atoms with Crippen molar-refractivity contribution >= 4 is 17.6 Å². The normalized spacial score (nSPS) is 14.6. The Bertz CT molecular complexity index is 561. The molecule has 0 saturated carbocycles. The maximum atomic E-state index is 11.6. The average molecular weight is 360 g/mol. The third kappa shape index (κ3) is 6.94. The van der Waals surface area contributed by atoms with Gasteiger partial charge in [0.2, 0.25) is 5.91 Å². The largest absolute Gasteiger partial charge is 0.375 e. The first-order chi connectivity index (χ1) is 12.7. The minimum atomic E-state index is 0.293. The summed E-state index contributed by atoms with van der Waals surface area (Å²) in [7, 11) is 2.12. The lowest BCUT2D eigenvalue weighted by Crippen LogP contribution is -2.38. The number of nitrogens with one attached hydrogen (secondary N) is 2. The van der Waals surface area contributed by atoms with Gasteiger partial charge in [-0.3, -0.25) is 9.79 Å². The van der Waals surface area contributed by atoms with Crippen LogP contribution in [0.3, 0.4) is 0 Å². The van der Waals surface area contributed by atoms with Gasteiger partial charge in [0, 0.05) is 58.4 Å². The van der Waals surface area contributed by atoms with Crippen molar-refractivity contribution in [1.82, 2.24) is 15.5 Å². The van der Waals surface area contributed by atoms with Gasteiger partial charge in [-0.25, -0.2) is 0 Å². The molecular formula is C20H33N5O. The van der Waals surface area contributed by atoms with Gasteiger partial charge in [0.25, 0.3) is 0 Å². The Morgan fingerprint density at radius 1 is 1.23 bits per heavy atom. The summed E-state index contributed by atoms with van der Waals surface area (Å²) in [5.74, 6) is 1.16. The molecule has 6 nitrogen and oxygen atoms in total. The Morgan fingerprint density at radius 3 is 2.73 bits per heavy atom. The molecule has 1 heterocycles. The van der Waals surface area contributed by atoms with Crippen LogP contribution in [0.25, 0.3) is 0 Å². The van der Waals surface area contributed by atoms with Gasteiger partial charge in [0.15, 0.2) is 5.96 Å². The number of guanidine groups is 1. The first kappa shape index (κ1) is 20.1. The van der Waals surface area contributed by atoms with Gasteiger partial charge in [-0.1, -0.05) is 18.2 Å². The van der Waals surface area contributed by atoms with Gasteiger partial charge in [-0.05, 0) is 38.3 Å².